The Bertz CT molecular complexity index is 626. The average Bonchev–Trinajstić information content (AvgIpc) is 2.59. The molecule has 1 atom stereocenters. The minimum Gasteiger partial charge on any atom is -0.494 e. The highest BCUT2D eigenvalue weighted by molar-refractivity contribution is 5.83. The number of hydrogen-bond donors (Lipinski definition) is 3. The molecule has 0 fully saturated rings. The molecular formula is C18H24N2O3. The largest absolute Gasteiger partial charge is 0.494 e. The van der Waals surface area contributed by atoms with Crippen LogP contribution in [0.4, 0.5) is 4.79 Å². The molecule has 2 aromatic rings. The van der Waals surface area contributed by atoms with Gasteiger partial charge in [0, 0.05) is 6.54 Å². The molecule has 5 nitrogen and oxygen atoms in total. The van der Waals surface area contributed by atoms with Crippen molar-refractivity contribution in [2.75, 3.05) is 19.8 Å². The molecule has 0 aliphatic heterocycles. The molecule has 0 saturated carbocycles. The van der Waals surface area contributed by atoms with E-state index in [-0.39, 0.29) is 18.7 Å². The number of aliphatic hydroxyl groups excluding tert-OH is 1. The van der Waals surface area contributed by atoms with Crippen LogP contribution in [0.3, 0.4) is 0 Å². The molecule has 2 amide bonds. The van der Waals surface area contributed by atoms with Gasteiger partial charge in [0.2, 0.25) is 0 Å². The number of rotatable bonds is 8. The van der Waals surface area contributed by atoms with Gasteiger partial charge in [0.25, 0.3) is 0 Å². The van der Waals surface area contributed by atoms with Crippen LogP contribution >= 0.6 is 0 Å². The van der Waals surface area contributed by atoms with Crippen molar-refractivity contribution in [3.63, 3.8) is 0 Å². The van der Waals surface area contributed by atoms with Gasteiger partial charge in [-0.25, -0.2) is 4.79 Å². The van der Waals surface area contributed by atoms with Crippen LogP contribution in [0.15, 0.2) is 42.5 Å². The van der Waals surface area contributed by atoms with Gasteiger partial charge in [0.1, 0.15) is 5.75 Å². The first-order valence-electron chi connectivity index (χ1n) is 7.99. The first kappa shape index (κ1) is 17.1. The molecule has 124 valence electrons. The van der Waals surface area contributed by atoms with Crippen molar-refractivity contribution in [2.45, 2.75) is 25.8 Å². The maximum Gasteiger partial charge on any atom is 0.315 e. The molecule has 3 N–H and O–H groups in total. The fourth-order valence-electron chi connectivity index (χ4n) is 2.23. The van der Waals surface area contributed by atoms with E-state index >= 15 is 0 Å². The Kier molecular flexibility index (Phi) is 6.69. The molecule has 5 heteroatoms. The zero-order valence-electron chi connectivity index (χ0n) is 13.4. The van der Waals surface area contributed by atoms with Crippen molar-refractivity contribution in [2.24, 2.45) is 0 Å². The van der Waals surface area contributed by atoms with E-state index in [0.717, 1.165) is 17.6 Å². The first-order chi connectivity index (χ1) is 11.2. The smallest absolute Gasteiger partial charge is 0.315 e. The van der Waals surface area contributed by atoms with Gasteiger partial charge in [-0.05, 0) is 35.7 Å². The van der Waals surface area contributed by atoms with E-state index in [9.17, 15) is 4.79 Å². The monoisotopic (exact) mass is 316 g/mol. The summed E-state index contributed by atoms with van der Waals surface area (Å²) < 4.78 is 5.71. The molecule has 2 aromatic carbocycles. The molecule has 0 heterocycles. The van der Waals surface area contributed by atoms with Gasteiger partial charge < -0.3 is 20.5 Å². The van der Waals surface area contributed by atoms with E-state index < -0.39 is 0 Å². The molecular weight excluding hydrogens is 292 g/mol. The summed E-state index contributed by atoms with van der Waals surface area (Å²) in [6, 6.07) is 13.7. The highest BCUT2D eigenvalue weighted by atomic mass is 16.5. The molecule has 0 aliphatic carbocycles. The third-order valence-electron chi connectivity index (χ3n) is 3.64. The minimum absolute atomic E-state index is 0.0466. The number of aliphatic hydroxyl groups is 1. The number of fused-ring (bicyclic) bond motifs is 1. The second-order valence-electron chi connectivity index (χ2n) is 5.40. The maximum atomic E-state index is 11.6. The second kappa shape index (κ2) is 9.00. The van der Waals surface area contributed by atoms with Crippen molar-refractivity contribution < 1.29 is 14.6 Å². The Hall–Kier alpha value is -2.27. The van der Waals surface area contributed by atoms with Crippen molar-refractivity contribution >= 4 is 16.8 Å². The van der Waals surface area contributed by atoms with Crippen LogP contribution in [0.5, 0.6) is 5.75 Å². The summed E-state index contributed by atoms with van der Waals surface area (Å²) in [4.78, 5) is 11.6. The van der Waals surface area contributed by atoms with Crippen LogP contribution in [0, 0.1) is 0 Å². The zero-order valence-corrected chi connectivity index (χ0v) is 13.4. The van der Waals surface area contributed by atoms with Crippen LogP contribution in [0.1, 0.15) is 19.8 Å². The predicted molar refractivity (Wildman–Crippen MR) is 91.8 cm³/mol. The number of benzene rings is 2. The molecule has 23 heavy (non-hydrogen) atoms. The third-order valence-corrected chi connectivity index (χ3v) is 3.64. The number of hydrogen-bond acceptors (Lipinski definition) is 3. The van der Waals surface area contributed by atoms with Gasteiger partial charge >= 0.3 is 6.03 Å². The molecule has 0 spiro atoms. The number of ether oxygens (including phenoxy) is 1. The van der Waals surface area contributed by atoms with Gasteiger partial charge in [-0.15, -0.1) is 0 Å². The van der Waals surface area contributed by atoms with Crippen LogP contribution in [0.2, 0.25) is 0 Å². The van der Waals surface area contributed by atoms with E-state index in [2.05, 4.69) is 22.8 Å². The minimum atomic E-state index is -0.253. The van der Waals surface area contributed by atoms with E-state index in [1.807, 2.05) is 37.3 Å². The van der Waals surface area contributed by atoms with E-state index in [1.54, 1.807) is 0 Å². The van der Waals surface area contributed by atoms with Gasteiger partial charge in [0.15, 0.2) is 0 Å². The number of amides is 2. The number of carbonyl (C=O) groups is 1. The molecule has 0 aliphatic rings. The van der Waals surface area contributed by atoms with Gasteiger partial charge in [-0.1, -0.05) is 37.3 Å². The Morgan fingerprint density at radius 3 is 2.74 bits per heavy atom. The number of nitrogens with one attached hydrogen (secondary N) is 2. The summed E-state index contributed by atoms with van der Waals surface area (Å²) in [7, 11) is 0. The maximum absolute atomic E-state index is 11.6. The molecule has 0 bridgehead atoms. The Labute approximate surface area is 136 Å². The Morgan fingerprint density at radius 2 is 2.00 bits per heavy atom. The Balaban J connectivity index is 1.67. The topological polar surface area (TPSA) is 70.6 Å². The molecule has 0 aromatic heterocycles. The lowest BCUT2D eigenvalue weighted by atomic mass is 10.1. The predicted octanol–water partition coefficient (Wildman–Crippen LogP) is 2.68. The van der Waals surface area contributed by atoms with Crippen LogP contribution in [0.25, 0.3) is 10.8 Å². The molecule has 0 radical (unpaired) electrons. The summed E-state index contributed by atoms with van der Waals surface area (Å²) in [5, 5.41) is 16.8. The fraction of sp³-hybridized carbons (Fsp3) is 0.389. The lowest BCUT2D eigenvalue weighted by Crippen LogP contribution is -2.43. The fourth-order valence-corrected chi connectivity index (χ4v) is 2.23. The van der Waals surface area contributed by atoms with Gasteiger partial charge in [-0.2, -0.15) is 0 Å². The summed E-state index contributed by atoms with van der Waals surface area (Å²) in [5.74, 6) is 0.833. The van der Waals surface area contributed by atoms with Crippen molar-refractivity contribution in [1.82, 2.24) is 10.6 Å². The van der Waals surface area contributed by atoms with Gasteiger partial charge in [-0.3, -0.25) is 0 Å². The highest BCUT2D eigenvalue weighted by Crippen LogP contribution is 2.20. The summed E-state index contributed by atoms with van der Waals surface area (Å²) in [6.45, 7) is 2.94. The number of urea groups is 1. The van der Waals surface area contributed by atoms with E-state index in [4.69, 9.17) is 9.84 Å². The van der Waals surface area contributed by atoms with Crippen LogP contribution in [-0.4, -0.2) is 36.9 Å². The van der Waals surface area contributed by atoms with E-state index in [1.165, 1.54) is 5.39 Å². The van der Waals surface area contributed by atoms with Gasteiger partial charge in [0.05, 0.1) is 19.3 Å². The Morgan fingerprint density at radius 1 is 1.22 bits per heavy atom. The molecule has 2 rings (SSSR count). The third kappa shape index (κ3) is 5.45. The molecule has 1 unspecified atom stereocenters. The lowest BCUT2D eigenvalue weighted by molar-refractivity contribution is 0.213. The summed E-state index contributed by atoms with van der Waals surface area (Å²) in [5.41, 5.74) is 0. The van der Waals surface area contributed by atoms with Crippen molar-refractivity contribution in [1.29, 1.82) is 0 Å². The van der Waals surface area contributed by atoms with Crippen LogP contribution in [-0.2, 0) is 0 Å². The summed E-state index contributed by atoms with van der Waals surface area (Å²) >= 11 is 0. The quantitative estimate of drug-likeness (QED) is 0.656. The second-order valence-corrected chi connectivity index (χ2v) is 5.40. The SMILES string of the molecule is CCC(CO)NC(=O)NCCCOc1ccc2ccccc2c1. The van der Waals surface area contributed by atoms with Crippen LogP contribution < -0.4 is 15.4 Å². The van der Waals surface area contributed by atoms with Crippen molar-refractivity contribution in [3.8, 4) is 5.75 Å². The van der Waals surface area contributed by atoms with E-state index in [0.29, 0.717) is 19.6 Å². The van der Waals surface area contributed by atoms with Crippen molar-refractivity contribution in [3.05, 3.63) is 42.5 Å². The average molecular weight is 316 g/mol. The first-order valence-corrected chi connectivity index (χ1v) is 7.99. The number of carbonyl (C=O) groups excluding carboxylic acids is 1. The zero-order chi connectivity index (χ0) is 16.5. The lowest BCUT2D eigenvalue weighted by Gasteiger charge is -2.14. The standard InChI is InChI=1S/C18H24N2O3/c1-2-16(13-21)20-18(22)19-10-5-11-23-17-9-8-14-6-3-4-7-15(14)12-17/h3-4,6-9,12,16,21H,2,5,10-11,13H2,1H3,(H2,19,20,22). The normalized spacial score (nSPS) is 11.9. The highest BCUT2D eigenvalue weighted by Gasteiger charge is 2.07. The summed E-state index contributed by atoms with van der Waals surface area (Å²) in [6.07, 6.45) is 1.42. The molecule has 0 saturated heterocycles.